The van der Waals surface area contributed by atoms with Gasteiger partial charge in [-0.05, 0) is 99.1 Å². The van der Waals surface area contributed by atoms with E-state index in [9.17, 15) is 0 Å². The number of fused-ring (bicyclic) bond motifs is 6. The van der Waals surface area contributed by atoms with E-state index in [-0.39, 0.29) is 0 Å². The molecule has 0 saturated carbocycles. The molecule has 1 aliphatic carbocycles. The third-order valence-electron chi connectivity index (χ3n) is 10.5. The maximum Gasteiger partial charge on any atom is 0.135 e. The van der Waals surface area contributed by atoms with Crippen LogP contribution in [0.15, 0.2) is 205 Å². The predicted molar refractivity (Wildman–Crippen MR) is 211 cm³/mol. The van der Waals surface area contributed by atoms with Crippen molar-refractivity contribution < 1.29 is 4.42 Å². The van der Waals surface area contributed by atoms with Crippen molar-refractivity contribution in [2.45, 2.75) is 5.41 Å². The number of hydrogen-bond donors (Lipinski definition) is 0. The Kier molecular flexibility index (Phi) is 6.75. The zero-order valence-electron chi connectivity index (χ0n) is 27.9. The van der Waals surface area contributed by atoms with Gasteiger partial charge in [0.25, 0.3) is 0 Å². The molecule has 0 aliphatic heterocycles. The molecule has 0 fully saturated rings. The Morgan fingerprint density at radius 1 is 0.353 bits per heavy atom. The van der Waals surface area contributed by atoms with Crippen LogP contribution < -0.4 is 4.90 Å². The lowest BCUT2D eigenvalue weighted by atomic mass is 9.67. The average molecular weight is 652 g/mol. The predicted octanol–water partition coefficient (Wildman–Crippen LogP) is 13.1. The minimum Gasteiger partial charge on any atom is -0.456 e. The van der Waals surface area contributed by atoms with Gasteiger partial charge in [-0.1, -0.05) is 146 Å². The third-order valence-corrected chi connectivity index (χ3v) is 10.5. The second kappa shape index (κ2) is 11.8. The van der Waals surface area contributed by atoms with Crippen LogP contribution in [0.25, 0.3) is 44.2 Å². The number of furan rings is 1. The van der Waals surface area contributed by atoms with Gasteiger partial charge < -0.3 is 9.32 Å². The van der Waals surface area contributed by atoms with Crippen molar-refractivity contribution in [1.82, 2.24) is 0 Å². The maximum atomic E-state index is 6.15. The second-order valence-electron chi connectivity index (χ2n) is 13.3. The van der Waals surface area contributed by atoms with E-state index in [1.54, 1.807) is 0 Å². The summed E-state index contributed by atoms with van der Waals surface area (Å²) in [5.41, 5.74) is 14.6. The summed E-state index contributed by atoms with van der Waals surface area (Å²) in [6.07, 6.45) is 0. The van der Waals surface area contributed by atoms with Gasteiger partial charge in [0.1, 0.15) is 11.2 Å². The molecule has 2 nitrogen and oxygen atoms in total. The monoisotopic (exact) mass is 651 g/mol. The molecule has 1 aliphatic rings. The summed E-state index contributed by atoms with van der Waals surface area (Å²) in [4.78, 5) is 2.39. The molecule has 240 valence electrons. The first kappa shape index (κ1) is 29.3. The Labute approximate surface area is 297 Å². The van der Waals surface area contributed by atoms with Crippen LogP contribution >= 0.6 is 0 Å². The fourth-order valence-electron chi connectivity index (χ4n) is 8.33. The summed E-state index contributed by atoms with van der Waals surface area (Å²) >= 11 is 0. The van der Waals surface area contributed by atoms with Crippen molar-refractivity contribution in [3.05, 3.63) is 222 Å². The molecule has 2 heteroatoms. The number of hydrogen-bond acceptors (Lipinski definition) is 2. The molecule has 0 saturated heterocycles. The Bertz CT molecular complexity index is 2650. The first-order valence-electron chi connectivity index (χ1n) is 17.5. The summed E-state index contributed by atoms with van der Waals surface area (Å²) in [6.45, 7) is 0. The molecule has 51 heavy (non-hydrogen) atoms. The zero-order valence-corrected chi connectivity index (χ0v) is 27.9. The van der Waals surface area contributed by atoms with Gasteiger partial charge in [-0.25, -0.2) is 0 Å². The van der Waals surface area contributed by atoms with Crippen molar-refractivity contribution in [3.8, 4) is 22.3 Å². The Hall–Kier alpha value is -6.64. The zero-order chi connectivity index (χ0) is 33.8. The van der Waals surface area contributed by atoms with Crippen LogP contribution in [0, 0.1) is 0 Å². The van der Waals surface area contributed by atoms with Crippen LogP contribution in [0.3, 0.4) is 0 Å². The topological polar surface area (TPSA) is 16.4 Å². The van der Waals surface area contributed by atoms with Crippen LogP contribution in [-0.4, -0.2) is 0 Å². The van der Waals surface area contributed by atoms with Gasteiger partial charge in [-0.2, -0.15) is 0 Å². The first-order chi connectivity index (χ1) is 25.3. The van der Waals surface area contributed by atoms with Gasteiger partial charge in [0, 0.05) is 27.8 Å². The third kappa shape index (κ3) is 4.57. The van der Waals surface area contributed by atoms with E-state index >= 15 is 0 Å². The van der Waals surface area contributed by atoms with Gasteiger partial charge in [0.2, 0.25) is 0 Å². The number of rotatable bonds is 6. The molecular weight excluding hydrogens is 619 g/mol. The molecule has 0 radical (unpaired) electrons. The van der Waals surface area contributed by atoms with E-state index in [0.29, 0.717) is 0 Å². The number of benzene rings is 8. The molecule has 0 N–H and O–H groups in total. The van der Waals surface area contributed by atoms with Crippen LogP contribution in [-0.2, 0) is 5.41 Å². The lowest BCUT2D eigenvalue weighted by Gasteiger charge is -2.35. The van der Waals surface area contributed by atoms with Gasteiger partial charge in [0.15, 0.2) is 0 Å². The summed E-state index contributed by atoms with van der Waals surface area (Å²) < 4.78 is 6.15. The number of para-hydroxylation sites is 2. The van der Waals surface area contributed by atoms with Crippen molar-refractivity contribution in [3.63, 3.8) is 0 Å². The SMILES string of the molecule is c1ccc(N(c2cccc(-c3ccc4oc5ccccc5c4c3)c2)c2ccc3c(c2)C(c2ccccc2)(c2ccccc2)c2ccccc2-3)cc1. The molecule has 1 aromatic heterocycles. The maximum absolute atomic E-state index is 6.15. The standard InChI is InChI=1S/C49H33NO/c1-4-16-36(17-5-1)49(37-18-6-2-7-19-37)45-25-12-10-23-41(45)42-29-28-40(33-46(42)49)50(38-20-8-3-9-21-38)39-22-14-15-34(31-39)35-27-30-48-44(32-35)43-24-11-13-26-47(43)51-48/h1-33H. The highest BCUT2D eigenvalue weighted by atomic mass is 16.3. The molecule has 0 spiro atoms. The highest BCUT2D eigenvalue weighted by Crippen LogP contribution is 2.57. The van der Waals surface area contributed by atoms with Crippen molar-refractivity contribution >= 4 is 39.0 Å². The van der Waals surface area contributed by atoms with E-state index < -0.39 is 5.41 Å². The summed E-state index contributed by atoms with van der Waals surface area (Å²) in [7, 11) is 0. The smallest absolute Gasteiger partial charge is 0.135 e. The van der Waals surface area contributed by atoms with Crippen molar-refractivity contribution in [1.29, 1.82) is 0 Å². The molecule has 1 heterocycles. The molecular formula is C49H33NO. The molecule has 9 aromatic rings. The lowest BCUT2D eigenvalue weighted by Crippen LogP contribution is -2.28. The molecule has 0 amide bonds. The fourth-order valence-corrected chi connectivity index (χ4v) is 8.33. The first-order valence-corrected chi connectivity index (χ1v) is 17.5. The van der Waals surface area contributed by atoms with Crippen molar-refractivity contribution in [2.75, 3.05) is 4.90 Å². The highest BCUT2D eigenvalue weighted by Gasteiger charge is 2.46. The van der Waals surface area contributed by atoms with Gasteiger partial charge >= 0.3 is 0 Å². The second-order valence-corrected chi connectivity index (χ2v) is 13.3. The Balaban J connectivity index is 1.18. The van der Waals surface area contributed by atoms with Crippen molar-refractivity contribution in [2.24, 2.45) is 0 Å². The largest absolute Gasteiger partial charge is 0.456 e. The lowest BCUT2D eigenvalue weighted by molar-refractivity contribution is 0.669. The van der Waals surface area contributed by atoms with Gasteiger partial charge in [-0.15, -0.1) is 0 Å². The highest BCUT2D eigenvalue weighted by molar-refractivity contribution is 6.06. The number of anilines is 3. The molecule has 0 unspecified atom stereocenters. The van der Waals surface area contributed by atoms with E-state index in [1.165, 1.54) is 33.4 Å². The summed E-state index contributed by atoms with van der Waals surface area (Å²) in [6, 6.07) is 72.3. The molecule has 10 rings (SSSR count). The minimum atomic E-state index is -0.475. The molecule has 0 bridgehead atoms. The van der Waals surface area contributed by atoms with E-state index in [0.717, 1.165) is 50.1 Å². The Morgan fingerprint density at radius 3 is 1.73 bits per heavy atom. The quantitative estimate of drug-likeness (QED) is 0.178. The minimum absolute atomic E-state index is 0.475. The summed E-state index contributed by atoms with van der Waals surface area (Å²) in [5.74, 6) is 0. The molecule has 0 atom stereocenters. The normalized spacial score (nSPS) is 12.9. The Morgan fingerprint density at radius 2 is 0.941 bits per heavy atom. The molecule has 8 aromatic carbocycles. The van der Waals surface area contributed by atoms with Crippen LogP contribution in [0.5, 0.6) is 0 Å². The van der Waals surface area contributed by atoms with Crippen LogP contribution in [0.1, 0.15) is 22.3 Å². The van der Waals surface area contributed by atoms with Gasteiger partial charge in [-0.3, -0.25) is 0 Å². The van der Waals surface area contributed by atoms with E-state index in [4.69, 9.17) is 4.42 Å². The van der Waals surface area contributed by atoms with Crippen LogP contribution in [0.4, 0.5) is 17.1 Å². The number of nitrogens with zero attached hydrogens (tertiary/aromatic N) is 1. The van der Waals surface area contributed by atoms with Crippen LogP contribution in [0.2, 0.25) is 0 Å². The van der Waals surface area contributed by atoms with E-state index in [1.807, 2.05) is 12.1 Å². The average Bonchev–Trinajstić information content (AvgIpc) is 3.72. The van der Waals surface area contributed by atoms with E-state index in [2.05, 4.69) is 193 Å². The fraction of sp³-hybridized carbons (Fsp3) is 0.0204. The van der Waals surface area contributed by atoms with Gasteiger partial charge in [0.05, 0.1) is 5.41 Å². The summed E-state index contributed by atoms with van der Waals surface area (Å²) in [5, 5.41) is 2.26.